The van der Waals surface area contributed by atoms with E-state index < -0.39 is 0 Å². The van der Waals surface area contributed by atoms with E-state index in [1.54, 1.807) is 24.5 Å². The molecule has 5 heteroatoms. The van der Waals surface area contributed by atoms with Crippen LogP contribution in [0.15, 0.2) is 45.8 Å². The van der Waals surface area contributed by atoms with Gasteiger partial charge in [0.25, 0.3) is 5.91 Å². The molecule has 0 aliphatic heterocycles. The Labute approximate surface area is 97.5 Å². The number of nitrogens with one attached hydrogen (secondary N) is 2. The highest BCUT2D eigenvalue weighted by atomic mass is 16.3. The third-order valence-corrected chi connectivity index (χ3v) is 2.25. The van der Waals surface area contributed by atoms with Crippen LogP contribution in [0.25, 0.3) is 0 Å². The summed E-state index contributed by atoms with van der Waals surface area (Å²) in [6.45, 7) is 0.462. The van der Waals surface area contributed by atoms with Crippen molar-refractivity contribution in [3.63, 3.8) is 0 Å². The minimum absolute atomic E-state index is 0.261. The smallest absolute Gasteiger partial charge is 0.267 e. The molecule has 0 saturated heterocycles. The standard InChI is InChI=1S/C12H12N2O3/c15-11-5-1-4-10(14-11)12(16)13-7-6-9-3-2-8-17-9/h1-5,8H,6-7H2,(H,13,16)(H,14,15). The second-order valence-electron chi connectivity index (χ2n) is 3.51. The molecule has 0 fully saturated rings. The molecule has 0 saturated carbocycles. The fraction of sp³-hybridized carbons (Fsp3) is 0.167. The van der Waals surface area contributed by atoms with Gasteiger partial charge in [0.2, 0.25) is 5.56 Å². The first-order chi connectivity index (χ1) is 8.25. The van der Waals surface area contributed by atoms with Crippen LogP contribution in [0.2, 0.25) is 0 Å². The van der Waals surface area contributed by atoms with Crippen molar-refractivity contribution in [3.8, 4) is 0 Å². The van der Waals surface area contributed by atoms with Crippen molar-refractivity contribution in [3.05, 3.63) is 58.4 Å². The van der Waals surface area contributed by atoms with Gasteiger partial charge in [-0.25, -0.2) is 0 Å². The van der Waals surface area contributed by atoms with Gasteiger partial charge in [-0.1, -0.05) is 6.07 Å². The molecule has 5 nitrogen and oxygen atoms in total. The number of aromatic amines is 1. The van der Waals surface area contributed by atoms with Gasteiger partial charge in [-0.3, -0.25) is 9.59 Å². The Kier molecular flexibility index (Phi) is 3.40. The third-order valence-electron chi connectivity index (χ3n) is 2.25. The van der Waals surface area contributed by atoms with Gasteiger partial charge in [0.05, 0.1) is 6.26 Å². The van der Waals surface area contributed by atoms with Crippen LogP contribution in [0.1, 0.15) is 16.2 Å². The lowest BCUT2D eigenvalue weighted by Crippen LogP contribution is -2.27. The zero-order valence-corrected chi connectivity index (χ0v) is 9.10. The molecule has 2 aromatic rings. The van der Waals surface area contributed by atoms with Crippen molar-refractivity contribution < 1.29 is 9.21 Å². The van der Waals surface area contributed by atoms with Gasteiger partial charge in [-0.05, 0) is 18.2 Å². The number of furan rings is 1. The molecule has 0 aliphatic carbocycles. The maximum atomic E-state index is 11.6. The Balaban J connectivity index is 1.87. The number of pyridine rings is 1. The SMILES string of the molecule is O=C(NCCc1ccco1)c1cccc(=O)[nH]1. The number of amides is 1. The second-order valence-corrected chi connectivity index (χ2v) is 3.51. The highest BCUT2D eigenvalue weighted by Gasteiger charge is 2.05. The molecule has 0 aliphatic rings. The van der Waals surface area contributed by atoms with Gasteiger partial charge < -0.3 is 14.7 Å². The van der Waals surface area contributed by atoms with Crippen molar-refractivity contribution in [2.24, 2.45) is 0 Å². The van der Waals surface area contributed by atoms with E-state index in [-0.39, 0.29) is 17.2 Å². The summed E-state index contributed by atoms with van der Waals surface area (Å²) >= 11 is 0. The number of rotatable bonds is 4. The minimum Gasteiger partial charge on any atom is -0.469 e. The lowest BCUT2D eigenvalue weighted by Gasteiger charge is -2.03. The van der Waals surface area contributed by atoms with Crippen LogP contribution in [0, 0.1) is 0 Å². The Hall–Kier alpha value is -2.30. The Bertz CT molecular complexity index is 543. The first-order valence-corrected chi connectivity index (χ1v) is 5.25. The molecular weight excluding hydrogens is 220 g/mol. The van der Waals surface area contributed by atoms with Crippen molar-refractivity contribution in [1.29, 1.82) is 0 Å². The maximum Gasteiger partial charge on any atom is 0.267 e. The summed E-state index contributed by atoms with van der Waals surface area (Å²) in [7, 11) is 0. The maximum absolute atomic E-state index is 11.6. The van der Waals surface area contributed by atoms with Gasteiger partial charge in [0.1, 0.15) is 11.5 Å². The lowest BCUT2D eigenvalue weighted by molar-refractivity contribution is 0.0948. The summed E-state index contributed by atoms with van der Waals surface area (Å²) in [5.41, 5.74) is -0.0272. The van der Waals surface area contributed by atoms with Gasteiger partial charge in [0.15, 0.2) is 0 Å². The first-order valence-electron chi connectivity index (χ1n) is 5.25. The van der Waals surface area contributed by atoms with Gasteiger partial charge in [0, 0.05) is 19.0 Å². The fourth-order valence-corrected chi connectivity index (χ4v) is 1.43. The summed E-state index contributed by atoms with van der Waals surface area (Å²) in [4.78, 5) is 25.1. The third kappa shape index (κ3) is 3.07. The number of carbonyl (C=O) groups is 1. The molecule has 0 bridgehead atoms. The van der Waals surface area contributed by atoms with Crippen LogP contribution in [0.5, 0.6) is 0 Å². The van der Waals surface area contributed by atoms with Crippen LogP contribution in [-0.4, -0.2) is 17.4 Å². The highest BCUT2D eigenvalue weighted by molar-refractivity contribution is 5.92. The molecule has 1 amide bonds. The summed E-state index contributed by atoms with van der Waals surface area (Å²) in [6, 6.07) is 8.10. The fourth-order valence-electron chi connectivity index (χ4n) is 1.43. The normalized spacial score (nSPS) is 10.1. The molecule has 2 rings (SSSR count). The van der Waals surface area contributed by atoms with Crippen molar-refractivity contribution >= 4 is 5.91 Å². The van der Waals surface area contributed by atoms with Gasteiger partial charge in [-0.2, -0.15) is 0 Å². The van der Waals surface area contributed by atoms with Crippen LogP contribution in [-0.2, 0) is 6.42 Å². The molecule has 0 atom stereocenters. The molecule has 0 spiro atoms. The van der Waals surface area contributed by atoms with E-state index in [2.05, 4.69) is 10.3 Å². The number of hydrogen-bond donors (Lipinski definition) is 2. The van der Waals surface area contributed by atoms with E-state index in [9.17, 15) is 9.59 Å². The van der Waals surface area contributed by atoms with Crippen LogP contribution in [0.4, 0.5) is 0 Å². The minimum atomic E-state index is -0.297. The Morgan fingerprint density at radius 3 is 2.88 bits per heavy atom. The lowest BCUT2D eigenvalue weighted by atomic mass is 10.3. The van der Waals surface area contributed by atoms with Crippen molar-refractivity contribution in [2.45, 2.75) is 6.42 Å². The first kappa shape index (κ1) is 11.2. The van der Waals surface area contributed by atoms with Crippen molar-refractivity contribution in [2.75, 3.05) is 6.54 Å². The molecule has 2 aromatic heterocycles. The average Bonchev–Trinajstić information content (AvgIpc) is 2.82. The largest absolute Gasteiger partial charge is 0.469 e. The topological polar surface area (TPSA) is 75.1 Å². The summed E-state index contributed by atoms with van der Waals surface area (Å²) in [5.74, 6) is 0.515. The molecule has 2 N–H and O–H groups in total. The van der Waals surface area contributed by atoms with E-state index in [1.807, 2.05) is 6.07 Å². The average molecular weight is 232 g/mol. The molecule has 17 heavy (non-hydrogen) atoms. The summed E-state index contributed by atoms with van der Waals surface area (Å²) in [6.07, 6.45) is 2.21. The van der Waals surface area contributed by atoms with E-state index >= 15 is 0 Å². The second kappa shape index (κ2) is 5.16. The summed E-state index contributed by atoms with van der Waals surface area (Å²) < 4.78 is 5.13. The van der Waals surface area contributed by atoms with E-state index in [0.29, 0.717) is 13.0 Å². The van der Waals surface area contributed by atoms with E-state index in [0.717, 1.165) is 5.76 Å². The van der Waals surface area contributed by atoms with Crippen LogP contribution in [0.3, 0.4) is 0 Å². The Morgan fingerprint density at radius 2 is 2.18 bits per heavy atom. The zero-order chi connectivity index (χ0) is 12.1. The van der Waals surface area contributed by atoms with Gasteiger partial charge in [-0.15, -0.1) is 0 Å². The molecular formula is C12H12N2O3. The van der Waals surface area contributed by atoms with Crippen molar-refractivity contribution in [1.82, 2.24) is 10.3 Å². The van der Waals surface area contributed by atoms with E-state index in [1.165, 1.54) is 6.07 Å². The predicted octanol–water partition coefficient (Wildman–Crippen LogP) is 0.940. The number of aromatic nitrogens is 1. The highest BCUT2D eigenvalue weighted by Crippen LogP contribution is 1.99. The number of hydrogen-bond acceptors (Lipinski definition) is 3. The van der Waals surface area contributed by atoms with Crippen LogP contribution < -0.4 is 10.9 Å². The number of carbonyl (C=O) groups excluding carboxylic acids is 1. The summed E-state index contributed by atoms with van der Waals surface area (Å²) in [5, 5.41) is 2.70. The monoisotopic (exact) mass is 232 g/mol. The molecule has 0 radical (unpaired) electrons. The predicted molar refractivity (Wildman–Crippen MR) is 61.8 cm³/mol. The quantitative estimate of drug-likeness (QED) is 0.823. The molecule has 0 unspecified atom stereocenters. The van der Waals surface area contributed by atoms with E-state index in [4.69, 9.17) is 4.42 Å². The zero-order valence-electron chi connectivity index (χ0n) is 9.10. The molecule has 2 heterocycles. The Morgan fingerprint density at radius 1 is 1.29 bits per heavy atom. The van der Waals surface area contributed by atoms with Crippen LogP contribution >= 0.6 is 0 Å². The molecule has 88 valence electrons. The van der Waals surface area contributed by atoms with Gasteiger partial charge >= 0.3 is 0 Å². The number of H-pyrrole nitrogens is 1. The molecule has 0 aromatic carbocycles.